The van der Waals surface area contributed by atoms with Gasteiger partial charge < -0.3 is 0 Å². The molecule has 90 valence electrons. The smallest absolute Gasteiger partial charge is 0.265 e. The highest BCUT2D eigenvalue weighted by Gasteiger charge is 2.29. The first-order chi connectivity index (χ1) is 7.18. The fourth-order valence-corrected chi connectivity index (χ4v) is 1.32. The first-order valence-corrected chi connectivity index (χ1v) is 6.01. The minimum atomic E-state index is -4.39. The first-order valence-electron chi connectivity index (χ1n) is 4.19. The zero-order valence-electron chi connectivity index (χ0n) is 8.28. The van der Waals surface area contributed by atoms with Crippen LogP contribution in [0.2, 0.25) is 0 Å². The Labute approximate surface area is 91.0 Å². The lowest BCUT2D eigenvalue weighted by Crippen LogP contribution is -2.06. The topological polar surface area (TPSA) is 43.4 Å². The molecule has 0 amide bonds. The molecule has 0 bridgehead atoms. The van der Waals surface area contributed by atoms with E-state index in [2.05, 4.69) is 4.18 Å². The normalized spacial score (nSPS) is 12.8. The highest BCUT2D eigenvalue weighted by molar-refractivity contribution is 7.85. The van der Waals surface area contributed by atoms with Gasteiger partial charge in [0, 0.05) is 0 Å². The van der Waals surface area contributed by atoms with E-state index in [-0.39, 0.29) is 6.61 Å². The van der Waals surface area contributed by atoms with Crippen molar-refractivity contribution >= 4 is 10.1 Å². The molecular weight excluding hydrogens is 245 g/mol. The third kappa shape index (κ3) is 4.19. The lowest BCUT2D eigenvalue weighted by Gasteiger charge is -2.07. The summed E-state index contributed by atoms with van der Waals surface area (Å²) < 4.78 is 62.2. The number of alkyl halides is 3. The molecular formula is C9H9F3O3S. The van der Waals surface area contributed by atoms with E-state index in [1.165, 1.54) is 12.1 Å². The molecule has 0 saturated heterocycles. The molecule has 0 aliphatic carbocycles. The van der Waals surface area contributed by atoms with Crippen molar-refractivity contribution in [2.75, 3.05) is 6.26 Å². The number of rotatable bonds is 3. The van der Waals surface area contributed by atoms with Gasteiger partial charge in [0.2, 0.25) is 0 Å². The summed E-state index contributed by atoms with van der Waals surface area (Å²) in [5.74, 6) is 0. The molecule has 0 aliphatic heterocycles. The number of hydrogen-bond donors (Lipinski definition) is 0. The van der Waals surface area contributed by atoms with Crippen molar-refractivity contribution in [1.82, 2.24) is 0 Å². The van der Waals surface area contributed by atoms with Crippen LogP contribution in [0.1, 0.15) is 11.1 Å². The Morgan fingerprint density at radius 2 is 1.69 bits per heavy atom. The molecule has 0 heterocycles. The molecule has 0 saturated carbocycles. The quantitative estimate of drug-likeness (QED) is 0.776. The lowest BCUT2D eigenvalue weighted by molar-refractivity contribution is -0.137. The third-order valence-electron chi connectivity index (χ3n) is 1.72. The second-order valence-electron chi connectivity index (χ2n) is 3.16. The van der Waals surface area contributed by atoms with Gasteiger partial charge in [-0.3, -0.25) is 4.18 Å². The van der Waals surface area contributed by atoms with Crippen molar-refractivity contribution in [3.63, 3.8) is 0 Å². The molecule has 0 radical (unpaired) electrons. The van der Waals surface area contributed by atoms with Crippen LogP contribution >= 0.6 is 0 Å². The van der Waals surface area contributed by atoms with E-state index in [1.54, 1.807) is 0 Å². The fraction of sp³-hybridized carbons (Fsp3) is 0.333. The summed E-state index contributed by atoms with van der Waals surface area (Å²) in [4.78, 5) is 0. The zero-order valence-corrected chi connectivity index (χ0v) is 9.10. The molecule has 0 spiro atoms. The SMILES string of the molecule is CS(=O)(=O)OCc1ccc(C(F)(F)F)cc1. The van der Waals surface area contributed by atoms with Crippen LogP contribution in [0.25, 0.3) is 0 Å². The molecule has 0 aliphatic rings. The molecule has 0 unspecified atom stereocenters. The molecule has 1 aromatic carbocycles. The Bertz CT molecular complexity index is 448. The van der Waals surface area contributed by atoms with Gasteiger partial charge in [0.25, 0.3) is 10.1 Å². The molecule has 1 aromatic rings. The molecule has 0 N–H and O–H groups in total. The van der Waals surface area contributed by atoms with Gasteiger partial charge in [0.1, 0.15) is 0 Å². The molecule has 1 rings (SSSR count). The predicted molar refractivity (Wildman–Crippen MR) is 51.1 cm³/mol. The maximum Gasteiger partial charge on any atom is 0.416 e. The van der Waals surface area contributed by atoms with Gasteiger partial charge in [-0.2, -0.15) is 21.6 Å². The first kappa shape index (κ1) is 13.0. The third-order valence-corrected chi connectivity index (χ3v) is 2.27. The highest BCUT2D eigenvalue weighted by Crippen LogP contribution is 2.29. The number of benzene rings is 1. The minimum absolute atomic E-state index is 0.267. The van der Waals surface area contributed by atoms with Crippen molar-refractivity contribution in [3.8, 4) is 0 Å². The van der Waals surface area contributed by atoms with Gasteiger partial charge in [0.05, 0.1) is 18.4 Å². The Morgan fingerprint density at radius 3 is 2.06 bits per heavy atom. The summed E-state index contributed by atoms with van der Waals surface area (Å²) in [6, 6.07) is 4.10. The highest BCUT2D eigenvalue weighted by atomic mass is 32.2. The Morgan fingerprint density at radius 1 is 1.19 bits per heavy atom. The second-order valence-corrected chi connectivity index (χ2v) is 4.80. The van der Waals surface area contributed by atoms with Crippen molar-refractivity contribution in [2.45, 2.75) is 12.8 Å². The predicted octanol–water partition coefficient (Wildman–Crippen LogP) is 2.18. The summed E-state index contributed by atoms with van der Waals surface area (Å²) in [6.07, 6.45) is -3.52. The Hall–Kier alpha value is -1.08. The summed E-state index contributed by atoms with van der Waals surface area (Å²) >= 11 is 0. The molecule has 0 atom stereocenters. The van der Waals surface area contributed by atoms with E-state index in [4.69, 9.17) is 0 Å². The van der Waals surface area contributed by atoms with E-state index in [0.29, 0.717) is 5.56 Å². The van der Waals surface area contributed by atoms with Crippen LogP contribution in [0.4, 0.5) is 13.2 Å². The molecule has 0 fully saturated rings. The van der Waals surface area contributed by atoms with E-state index in [1.807, 2.05) is 0 Å². The fourth-order valence-electron chi connectivity index (χ4n) is 0.965. The molecule has 3 nitrogen and oxygen atoms in total. The van der Waals surface area contributed by atoms with Crippen molar-refractivity contribution in [1.29, 1.82) is 0 Å². The van der Waals surface area contributed by atoms with Gasteiger partial charge in [0.15, 0.2) is 0 Å². The van der Waals surface area contributed by atoms with Crippen molar-refractivity contribution in [2.24, 2.45) is 0 Å². The van der Waals surface area contributed by atoms with E-state index >= 15 is 0 Å². The van der Waals surface area contributed by atoms with E-state index < -0.39 is 21.9 Å². The largest absolute Gasteiger partial charge is 0.416 e. The van der Waals surface area contributed by atoms with Crippen molar-refractivity contribution < 1.29 is 25.8 Å². The minimum Gasteiger partial charge on any atom is -0.265 e. The van der Waals surface area contributed by atoms with Gasteiger partial charge in [-0.05, 0) is 17.7 Å². The van der Waals surface area contributed by atoms with Gasteiger partial charge in [-0.25, -0.2) is 0 Å². The Balaban J connectivity index is 2.73. The monoisotopic (exact) mass is 254 g/mol. The van der Waals surface area contributed by atoms with Gasteiger partial charge >= 0.3 is 6.18 Å². The van der Waals surface area contributed by atoms with Gasteiger partial charge in [-0.1, -0.05) is 12.1 Å². The summed E-state index contributed by atoms with van der Waals surface area (Å²) in [7, 11) is -3.58. The average Bonchev–Trinajstić information content (AvgIpc) is 2.13. The van der Waals surface area contributed by atoms with E-state index in [0.717, 1.165) is 18.4 Å². The maximum absolute atomic E-state index is 12.2. The molecule has 0 aromatic heterocycles. The maximum atomic E-state index is 12.2. The van der Waals surface area contributed by atoms with Crippen molar-refractivity contribution in [3.05, 3.63) is 35.4 Å². The van der Waals surface area contributed by atoms with E-state index in [9.17, 15) is 21.6 Å². The molecule has 16 heavy (non-hydrogen) atoms. The van der Waals surface area contributed by atoms with Crippen LogP contribution in [-0.4, -0.2) is 14.7 Å². The number of halogens is 3. The zero-order chi connectivity index (χ0) is 12.4. The van der Waals surface area contributed by atoms with Crippen LogP contribution in [0.15, 0.2) is 24.3 Å². The summed E-state index contributed by atoms with van der Waals surface area (Å²) in [6.45, 7) is -0.267. The van der Waals surface area contributed by atoms with Crippen LogP contribution in [-0.2, 0) is 27.1 Å². The Kier molecular flexibility index (Phi) is 3.59. The summed E-state index contributed by atoms with van der Waals surface area (Å²) in [5.41, 5.74) is -0.422. The second kappa shape index (κ2) is 4.42. The standard InChI is InChI=1S/C9H9F3O3S/c1-16(13,14)15-6-7-2-4-8(5-3-7)9(10,11)12/h2-5H,6H2,1H3. The number of hydrogen-bond acceptors (Lipinski definition) is 3. The molecule has 7 heteroatoms. The average molecular weight is 254 g/mol. The van der Waals surface area contributed by atoms with Gasteiger partial charge in [-0.15, -0.1) is 0 Å². The van der Waals surface area contributed by atoms with Crippen LogP contribution in [0.5, 0.6) is 0 Å². The van der Waals surface area contributed by atoms with Crippen LogP contribution in [0.3, 0.4) is 0 Å². The lowest BCUT2D eigenvalue weighted by atomic mass is 10.1. The van der Waals surface area contributed by atoms with Crippen LogP contribution < -0.4 is 0 Å². The van der Waals surface area contributed by atoms with Crippen LogP contribution in [0, 0.1) is 0 Å². The summed E-state index contributed by atoms with van der Waals surface area (Å²) in [5, 5.41) is 0.